The molecule has 0 spiro atoms. The fourth-order valence-electron chi connectivity index (χ4n) is 0.990. The molecular weight excluding hydrogens is 290 g/mol. The van der Waals surface area contributed by atoms with Crippen molar-refractivity contribution in [3.05, 3.63) is 22.9 Å². The second-order valence-electron chi connectivity index (χ2n) is 3.17. The molecule has 0 radical (unpaired) electrons. The van der Waals surface area contributed by atoms with Crippen LogP contribution < -0.4 is 15.4 Å². The van der Waals surface area contributed by atoms with E-state index >= 15 is 0 Å². The second-order valence-corrected chi connectivity index (χ2v) is 4.08. The molecule has 1 rings (SSSR count). The molecule has 0 aromatic carbocycles. The number of nitrogens with one attached hydrogen (secondary N) is 2. The predicted molar refractivity (Wildman–Crippen MR) is 64.6 cm³/mol. The fourth-order valence-corrected chi connectivity index (χ4v) is 1.33. The van der Waals surface area contributed by atoms with Crippen LogP contribution in [0, 0.1) is 0 Å². The SMILES string of the molecule is CNC(=O)NC(=O)C(C)Oc1cncc(Br)c1. The Balaban J connectivity index is 2.57. The van der Waals surface area contributed by atoms with Gasteiger partial charge in [-0.3, -0.25) is 15.1 Å². The van der Waals surface area contributed by atoms with Crippen molar-refractivity contribution in [3.8, 4) is 5.75 Å². The maximum absolute atomic E-state index is 11.5. The highest BCUT2D eigenvalue weighted by atomic mass is 79.9. The molecule has 0 bridgehead atoms. The van der Waals surface area contributed by atoms with Gasteiger partial charge in [0.05, 0.1) is 6.20 Å². The van der Waals surface area contributed by atoms with Crippen LogP contribution in [0.25, 0.3) is 0 Å². The highest BCUT2D eigenvalue weighted by Gasteiger charge is 2.16. The number of nitrogens with zero attached hydrogens (tertiary/aromatic N) is 1. The van der Waals surface area contributed by atoms with Crippen LogP contribution in [0.4, 0.5) is 4.79 Å². The van der Waals surface area contributed by atoms with E-state index in [0.717, 1.165) is 4.47 Å². The van der Waals surface area contributed by atoms with Crippen LogP contribution in [0.15, 0.2) is 22.9 Å². The van der Waals surface area contributed by atoms with Crippen molar-refractivity contribution in [1.82, 2.24) is 15.6 Å². The number of urea groups is 1. The lowest BCUT2D eigenvalue weighted by Gasteiger charge is -2.13. The highest BCUT2D eigenvalue weighted by Crippen LogP contribution is 2.16. The third-order valence-electron chi connectivity index (χ3n) is 1.83. The number of carbonyl (C=O) groups is 2. The van der Waals surface area contributed by atoms with Gasteiger partial charge >= 0.3 is 6.03 Å². The lowest BCUT2D eigenvalue weighted by atomic mass is 10.3. The molecule has 0 aliphatic heterocycles. The molecule has 6 nitrogen and oxygen atoms in total. The van der Waals surface area contributed by atoms with Crippen LogP contribution in [0.1, 0.15) is 6.92 Å². The van der Waals surface area contributed by atoms with Gasteiger partial charge in [0.15, 0.2) is 6.10 Å². The first-order valence-corrected chi connectivity index (χ1v) is 5.62. The van der Waals surface area contributed by atoms with E-state index < -0.39 is 18.0 Å². The quantitative estimate of drug-likeness (QED) is 0.875. The summed E-state index contributed by atoms with van der Waals surface area (Å²) in [6.07, 6.45) is 2.29. The Labute approximate surface area is 107 Å². The summed E-state index contributed by atoms with van der Waals surface area (Å²) in [7, 11) is 1.42. The number of hydrogen-bond donors (Lipinski definition) is 2. The first kappa shape index (κ1) is 13.4. The van der Waals surface area contributed by atoms with Crippen LogP contribution in [0.2, 0.25) is 0 Å². The van der Waals surface area contributed by atoms with E-state index in [1.807, 2.05) is 0 Å². The highest BCUT2D eigenvalue weighted by molar-refractivity contribution is 9.10. The number of rotatable bonds is 3. The minimum absolute atomic E-state index is 0.443. The number of amides is 3. The number of imide groups is 1. The van der Waals surface area contributed by atoms with Gasteiger partial charge in [0.2, 0.25) is 0 Å². The Morgan fingerprint density at radius 2 is 2.18 bits per heavy atom. The molecule has 0 aliphatic carbocycles. The molecule has 1 atom stereocenters. The molecule has 0 saturated heterocycles. The molecule has 0 fully saturated rings. The summed E-state index contributed by atoms with van der Waals surface area (Å²) in [5.41, 5.74) is 0. The van der Waals surface area contributed by atoms with Gasteiger partial charge in [0, 0.05) is 17.7 Å². The minimum Gasteiger partial charge on any atom is -0.479 e. The molecular formula is C10H12BrN3O3. The van der Waals surface area contributed by atoms with Crippen LogP contribution in [-0.2, 0) is 4.79 Å². The molecule has 1 heterocycles. The van der Waals surface area contributed by atoms with Gasteiger partial charge in [-0.05, 0) is 28.9 Å². The summed E-state index contributed by atoms with van der Waals surface area (Å²) in [6, 6.07) is 1.11. The zero-order valence-electron chi connectivity index (χ0n) is 9.36. The normalized spacial score (nSPS) is 11.5. The molecule has 1 aromatic rings. The van der Waals surface area contributed by atoms with Crippen molar-refractivity contribution in [1.29, 1.82) is 0 Å². The molecule has 1 unspecified atom stereocenters. The zero-order chi connectivity index (χ0) is 12.8. The lowest BCUT2D eigenvalue weighted by molar-refractivity contribution is -0.126. The average Bonchev–Trinajstić information content (AvgIpc) is 2.28. The van der Waals surface area contributed by atoms with Gasteiger partial charge in [-0.1, -0.05) is 0 Å². The molecule has 17 heavy (non-hydrogen) atoms. The Hall–Kier alpha value is -1.63. The van der Waals surface area contributed by atoms with Crippen LogP contribution >= 0.6 is 15.9 Å². The van der Waals surface area contributed by atoms with E-state index in [0.29, 0.717) is 5.75 Å². The maximum Gasteiger partial charge on any atom is 0.321 e. The molecule has 0 aliphatic rings. The summed E-state index contributed by atoms with van der Waals surface area (Å²) in [5, 5.41) is 4.40. The van der Waals surface area contributed by atoms with E-state index in [1.165, 1.54) is 13.2 Å². The van der Waals surface area contributed by atoms with E-state index in [9.17, 15) is 9.59 Å². The molecule has 3 amide bonds. The Bertz CT molecular complexity index is 425. The maximum atomic E-state index is 11.5. The van der Waals surface area contributed by atoms with Gasteiger partial charge in [0.1, 0.15) is 5.75 Å². The van der Waals surface area contributed by atoms with Crippen molar-refractivity contribution in [2.75, 3.05) is 7.05 Å². The van der Waals surface area contributed by atoms with E-state index in [1.54, 1.807) is 19.2 Å². The van der Waals surface area contributed by atoms with Crippen molar-refractivity contribution in [3.63, 3.8) is 0 Å². The molecule has 7 heteroatoms. The first-order valence-electron chi connectivity index (χ1n) is 4.82. The van der Waals surface area contributed by atoms with E-state index in [-0.39, 0.29) is 0 Å². The third-order valence-corrected chi connectivity index (χ3v) is 2.26. The Morgan fingerprint density at radius 1 is 1.47 bits per heavy atom. The molecule has 2 N–H and O–H groups in total. The molecule has 1 aromatic heterocycles. The van der Waals surface area contributed by atoms with Crippen LogP contribution in [0.3, 0.4) is 0 Å². The molecule has 92 valence electrons. The predicted octanol–water partition coefficient (Wildman–Crippen LogP) is 1.07. The monoisotopic (exact) mass is 301 g/mol. The second kappa shape index (κ2) is 6.19. The van der Waals surface area contributed by atoms with Gasteiger partial charge < -0.3 is 10.1 Å². The lowest BCUT2D eigenvalue weighted by Crippen LogP contribution is -2.43. The third kappa shape index (κ3) is 4.39. The summed E-state index contributed by atoms with van der Waals surface area (Å²) >= 11 is 3.23. The fraction of sp³-hybridized carbons (Fsp3) is 0.300. The number of carbonyl (C=O) groups excluding carboxylic acids is 2. The summed E-state index contributed by atoms with van der Waals surface area (Å²) in [5.74, 6) is -0.0803. The topological polar surface area (TPSA) is 80.3 Å². The van der Waals surface area contributed by atoms with E-state index in [4.69, 9.17) is 4.74 Å². The number of ether oxygens (including phenoxy) is 1. The summed E-state index contributed by atoms with van der Waals surface area (Å²) in [6.45, 7) is 1.54. The van der Waals surface area contributed by atoms with E-state index in [2.05, 4.69) is 31.5 Å². The summed E-state index contributed by atoms with van der Waals surface area (Å²) in [4.78, 5) is 26.3. The number of pyridine rings is 1. The Kier molecular flexibility index (Phi) is 4.89. The van der Waals surface area contributed by atoms with Gasteiger partial charge in [-0.2, -0.15) is 0 Å². The van der Waals surface area contributed by atoms with Gasteiger partial charge in [-0.15, -0.1) is 0 Å². The molecule has 0 saturated carbocycles. The largest absolute Gasteiger partial charge is 0.479 e. The summed E-state index contributed by atoms with van der Waals surface area (Å²) < 4.78 is 6.06. The van der Waals surface area contributed by atoms with Crippen molar-refractivity contribution >= 4 is 27.9 Å². The van der Waals surface area contributed by atoms with Crippen molar-refractivity contribution < 1.29 is 14.3 Å². The van der Waals surface area contributed by atoms with Crippen LogP contribution in [-0.4, -0.2) is 30.1 Å². The van der Waals surface area contributed by atoms with Gasteiger partial charge in [0.25, 0.3) is 5.91 Å². The standard InChI is InChI=1S/C10H12BrN3O3/c1-6(9(15)14-10(16)12-2)17-8-3-7(11)4-13-5-8/h3-6H,1-2H3,(H2,12,14,15,16). The van der Waals surface area contributed by atoms with Crippen molar-refractivity contribution in [2.24, 2.45) is 0 Å². The number of hydrogen-bond acceptors (Lipinski definition) is 4. The minimum atomic E-state index is -0.789. The number of halogens is 1. The number of aromatic nitrogens is 1. The van der Waals surface area contributed by atoms with Gasteiger partial charge in [-0.25, -0.2) is 4.79 Å². The zero-order valence-corrected chi connectivity index (χ0v) is 10.9. The first-order chi connectivity index (χ1) is 8.02. The Morgan fingerprint density at radius 3 is 2.76 bits per heavy atom. The van der Waals surface area contributed by atoms with Crippen LogP contribution in [0.5, 0.6) is 5.75 Å². The average molecular weight is 302 g/mol. The smallest absolute Gasteiger partial charge is 0.321 e. The van der Waals surface area contributed by atoms with Crippen molar-refractivity contribution in [2.45, 2.75) is 13.0 Å².